The fraction of sp³-hybridized carbons (Fsp3) is 0.0189. The van der Waals surface area contributed by atoms with Gasteiger partial charge in [0.1, 0.15) is 28.0 Å². The van der Waals surface area contributed by atoms with Gasteiger partial charge in [-0.2, -0.15) is 0 Å². The molecule has 0 aliphatic rings. The van der Waals surface area contributed by atoms with E-state index in [0.29, 0.717) is 11.4 Å². The predicted octanol–water partition coefficient (Wildman–Crippen LogP) is 14.6. The van der Waals surface area contributed by atoms with Gasteiger partial charge in [-0.3, -0.25) is 0 Å². The van der Waals surface area contributed by atoms with Gasteiger partial charge < -0.3 is 13.8 Å². The van der Waals surface area contributed by atoms with Crippen molar-refractivity contribution in [2.45, 2.75) is 6.92 Å². The van der Waals surface area contributed by atoms with E-state index in [2.05, 4.69) is 139 Å². The number of hydrogen-bond acceptors (Lipinski definition) is 4. The molecule has 58 heavy (non-hydrogen) atoms. The van der Waals surface area contributed by atoms with Gasteiger partial charge in [0.15, 0.2) is 11.4 Å². The van der Waals surface area contributed by atoms with Crippen molar-refractivity contribution in [3.8, 4) is 56.0 Å². The fourth-order valence-electron chi connectivity index (χ4n) is 8.87. The number of rotatable bonds is 5. The molecule has 4 aromatic heterocycles. The summed E-state index contributed by atoms with van der Waals surface area (Å²) in [5, 5.41) is 5.48. The van der Waals surface area contributed by atoms with Crippen LogP contribution in [0.5, 0.6) is 0 Å². The lowest BCUT2D eigenvalue weighted by Crippen LogP contribution is -1.97. The van der Waals surface area contributed by atoms with E-state index in [0.717, 1.165) is 110 Å². The Morgan fingerprint density at radius 3 is 1.83 bits per heavy atom. The minimum Gasteiger partial charge on any atom is -0.456 e. The Balaban J connectivity index is 1.11. The van der Waals surface area contributed by atoms with Crippen LogP contribution in [0.2, 0.25) is 0 Å². The van der Waals surface area contributed by atoms with Gasteiger partial charge in [0.25, 0.3) is 0 Å². The Morgan fingerprint density at radius 1 is 0.414 bits per heavy atom. The summed E-state index contributed by atoms with van der Waals surface area (Å²) >= 11 is 0. The average Bonchev–Trinajstić information content (AvgIpc) is 3.97. The Hall–Kier alpha value is -7.76. The highest BCUT2D eigenvalue weighted by atomic mass is 16.3. The molecule has 1 N–H and O–H groups in total. The van der Waals surface area contributed by atoms with Crippen LogP contribution in [0, 0.1) is 6.92 Å². The van der Waals surface area contributed by atoms with Gasteiger partial charge in [-0.05, 0) is 82.8 Å². The monoisotopic (exact) mass is 743 g/mol. The Labute approximate surface area is 332 Å². The quantitative estimate of drug-likeness (QED) is 0.191. The minimum atomic E-state index is 0.656. The molecule has 8 aromatic carbocycles. The molecule has 0 bridgehead atoms. The number of hydrogen-bond donors (Lipinski definition) is 1. The van der Waals surface area contributed by atoms with Crippen LogP contribution < -0.4 is 0 Å². The number of benzene rings is 8. The zero-order chi connectivity index (χ0) is 38.3. The van der Waals surface area contributed by atoms with E-state index < -0.39 is 0 Å². The Kier molecular flexibility index (Phi) is 7.07. The highest BCUT2D eigenvalue weighted by Crippen LogP contribution is 2.45. The number of aromatic nitrogens is 3. The van der Waals surface area contributed by atoms with Gasteiger partial charge >= 0.3 is 0 Å². The van der Waals surface area contributed by atoms with Gasteiger partial charge in [0.05, 0.1) is 5.52 Å². The van der Waals surface area contributed by atoms with Crippen molar-refractivity contribution in [2.24, 2.45) is 0 Å². The molecule has 0 radical (unpaired) electrons. The van der Waals surface area contributed by atoms with Crippen LogP contribution in [0.1, 0.15) is 5.56 Å². The average molecular weight is 744 g/mol. The van der Waals surface area contributed by atoms with E-state index in [1.807, 2.05) is 48.5 Å². The normalized spacial score (nSPS) is 11.9. The smallest absolute Gasteiger partial charge is 0.180 e. The molecule has 0 saturated heterocycles. The molecule has 0 unspecified atom stereocenters. The summed E-state index contributed by atoms with van der Waals surface area (Å²) in [6.45, 7) is 2.23. The van der Waals surface area contributed by atoms with Crippen LogP contribution >= 0.6 is 0 Å². The van der Waals surface area contributed by atoms with Crippen molar-refractivity contribution < 1.29 is 8.83 Å². The molecule has 5 heteroatoms. The maximum Gasteiger partial charge on any atom is 0.180 e. The second-order valence-electron chi connectivity index (χ2n) is 15.0. The summed E-state index contributed by atoms with van der Waals surface area (Å²) in [5.41, 5.74) is 16.8. The molecule has 0 aliphatic carbocycles. The van der Waals surface area contributed by atoms with Crippen molar-refractivity contribution in [1.29, 1.82) is 0 Å². The summed E-state index contributed by atoms with van der Waals surface area (Å²) in [5.74, 6) is 0.656. The van der Waals surface area contributed by atoms with Crippen molar-refractivity contribution in [2.75, 3.05) is 0 Å². The summed E-state index contributed by atoms with van der Waals surface area (Å²) in [7, 11) is 0. The molecule has 0 aliphatic heterocycles. The number of fused-ring (bicyclic) bond motifs is 9. The van der Waals surface area contributed by atoms with E-state index in [4.69, 9.17) is 18.8 Å². The van der Waals surface area contributed by atoms with Crippen LogP contribution in [0.25, 0.3) is 122 Å². The van der Waals surface area contributed by atoms with Gasteiger partial charge in [-0.15, -0.1) is 0 Å². The molecule has 4 heterocycles. The highest BCUT2D eigenvalue weighted by Gasteiger charge is 2.23. The first-order chi connectivity index (χ1) is 28.7. The maximum atomic E-state index is 6.63. The van der Waals surface area contributed by atoms with Crippen molar-refractivity contribution in [3.63, 3.8) is 0 Å². The van der Waals surface area contributed by atoms with Crippen molar-refractivity contribution in [1.82, 2.24) is 15.0 Å². The van der Waals surface area contributed by atoms with Crippen molar-refractivity contribution in [3.05, 3.63) is 181 Å². The number of para-hydroxylation sites is 3. The first-order valence-corrected chi connectivity index (χ1v) is 19.6. The molecular weight excluding hydrogens is 711 g/mol. The molecule has 0 amide bonds. The SMILES string of the molecule is Cc1c(-c2ccccc2)cc(-c2nc(-c3ccccc3)nc3c2oc2ccccc23)cc1-c1ccccc1-c1cccc2c1[nH]c1cc3c(cc12)oc1ccccc13. The number of furan rings is 2. The lowest BCUT2D eigenvalue weighted by molar-refractivity contribution is 0.667. The first-order valence-electron chi connectivity index (χ1n) is 19.6. The van der Waals surface area contributed by atoms with Gasteiger partial charge in [-0.25, -0.2) is 9.97 Å². The molecule has 0 atom stereocenters. The molecular formula is C53H33N3O2. The first kappa shape index (κ1) is 32.5. The summed E-state index contributed by atoms with van der Waals surface area (Å²) < 4.78 is 13.0. The maximum absolute atomic E-state index is 6.63. The topological polar surface area (TPSA) is 67.8 Å². The van der Waals surface area contributed by atoms with Crippen molar-refractivity contribution >= 4 is 65.8 Å². The number of nitrogens with zero attached hydrogens (tertiary/aromatic N) is 2. The van der Waals surface area contributed by atoms with Crippen LogP contribution in [0.3, 0.4) is 0 Å². The molecule has 5 nitrogen and oxygen atoms in total. The largest absolute Gasteiger partial charge is 0.456 e. The molecule has 0 saturated carbocycles. The van der Waals surface area contributed by atoms with E-state index in [1.54, 1.807) is 0 Å². The lowest BCUT2D eigenvalue weighted by atomic mass is 9.86. The summed E-state index contributed by atoms with van der Waals surface area (Å²) in [6, 6.07) is 61.4. The third-order valence-electron chi connectivity index (χ3n) is 11.7. The molecule has 272 valence electrons. The molecule has 0 fully saturated rings. The summed E-state index contributed by atoms with van der Waals surface area (Å²) in [4.78, 5) is 14.3. The number of nitrogens with one attached hydrogen (secondary N) is 1. The lowest BCUT2D eigenvalue weighted by Gasteiger charge is -2.18. The van der Waals surface area contributed by atoms with Gasteiger partial charge in [0.2, 0.25) is 0 Å². The minimum absolute atomic E-state index is 0.656. The van der Waals surface area contributed by atoms with Gasteiger partial charge in [-0.1, -0.05) is 133 Å². The molecule has 12 rings (SSSR count). The highest BCUT2D eigenvalue weighted by molar-refractivity contribution is 6.18. The second kappa shape index (κ2) is 12.6. The van der Waals surface area contributed by atoms with E-state index in [1.165, 1.54) is 5.56 Å². The third-order valence-corrected chi connectivity index (χ3v) is 11.7. The van der Waals surface area contributed by atoms with Crippen LogP contribution in [0.4, 0.5) is 0 Å². The van der Waals surface area contributed by atoms with Gasteiger partial charge in [0, 0.05) is 49.1 Å². The molecule has 12 aromatic rings. The zero-order valence-electron chi connectivity index (χ0n) is 31.5. The number of aromatic amines is 1. The van der Waals surface area contributed by atoms with E-state index in [-0.39, 0.29) is 0 Å². The standard InChI is InChI=1S/C53H33N3O2/c1-31-41(32-15-4-2-5-16-32)27-34(49-52-51(40-22-11-13-26-47(40)58-52)56-53(55-49)33-17-6-3-7-18-33)28-42(31)36-20-9-8-19-35(36)38-23-14-24-39-43-30-48-44(29-45(43)54-50(38)39)37-21-10-12-25-46(37)57-48/h2-30,54H,1H3. The zero-order valence-corrected chi connectivity index (χ0v) is 31.5. The van der Waals surface area contributed by atoms with E-state index in [9.17, 15) is 0 Å². The number of H-pyrrole nitrogens is 1. The van der Waals surface area contributed by atoms with Crippen LogP contribution in [-0.4, -0.2) is 15.0 Å². The third kappa shape index (κ3) is 4.97. The molecule has 0 spiro atoms. The van der Waals surface area contributed by atoms with Crippen LogP contribution in [-0.2, 0) is 0 Å². The summed E-state index contributed by atoms with van der Waals surface area (Å²) in [6.07, 6.45) is 0. The predicted molar refractivity (Wildman–Crippen MR) is 238 cm³/mol. The Morgan fingerprint density at radius 2 is 1.03 bits per heavy atom. The van der Waals surface area contributed by atoms with E-state index >= 15 is 0 Å². The fourth-order valence-corrected chi connectivity index (χ4v) is 8.87. The second-order valence-corrected chi connectivity index (χ2v) is 15.0. The Bertz CT molecular complexity index is 3580. The van der Waals surface area contributed by atoms with Crippen LogP contribution in [0.15, 0.2) is 185 Å².